The fourth-order valence-electron chi connectivity index (χ4n) is 3.25. The fraction of sp³-hybridized carbons (Fsp3) is 0.600. The Morgan fingerprint density at radius 2 is 1.60 bits per heavy atom. The summed E-state index contributed by atoms with van der Waals surface area (Å²) in [5.41, 5.74) is 4.97. The summed E-state index contributed by atoms with van der Waals surface area (Å²) >= 11 is 0. The van der Waals surface area contributed by atoms with Crippen molar-refractivity contribution in [3.8, 4) is 0 Å². The van der Waals surface area contributed by atoms with Gasteiger partial charge in [-0.05, 0) is 32.1 Å². The average Bonchev–Trinajstić information content (AvgIpc) is 3.04. The van der Waals surface area contributed by atoms with Gasteiger partial charge in [-0.1, -0.05) is 13.8 Å². The van der Waals surface area contributed by atoms with Crippen LogP contribution in [0.2, 0.25) is 0 Å². The molecular formula is C20H31N5O9S. The van der Waals surface area contributed by atoms with Gasteiger partial charge in [-0.25, -0.2) is 4.79 Å². The lowest BCUT2D eigenvalue weighted by Gasteiger charge is -2.26. The van der Waals surface area contributed by atoms with Crippen molar-refractivity contribution >= 4 is 45.6 Å². The third-order valence-electron chi connectivity index (χ3n) is 5.19. The molecule has 1 rings (SSSR count). The third-order valence-corrected chi connectivity index (χ3v) is 6.36. The van der Waals surface area contributed by atoms with Crippen molar-refractivity contribution in [3.63, 3.8) is 0 Å². The highest BCUT2D eigenvalue weighted by atomic mass is 32.2. The molecule has 1 aliphatic rings. The Bertz CT molecular complexity index is 975. The normalized spacial score (nSPS) is 16.1. The Kier molecular flexibility index (Phi) is 11.0. The van der Waals surface area contributed by atoms with Gasteiger partial charge in [-0.3, -0.25) is 33.4 Å². The Balaban J connectivity index is 2.88. The van der Waals surface area contributed by atoms with Gasteiger partial charge < -0.3 is 21.7 Å². The Hall–Kier alpha value is -3.33. The minimum Gasteiger partial charge on any atom is -0.352 e. The number of amides is 6. The Morgan fingerprint density at radius 1 is 1.03 bits per heavy atom. The van der Waals surface area contributed by atoms with E-state index in [9.17, 15) is 41.7 Å². The molecule has 0 spiro atoms. The summed E-state index contributed by atoms with van der Waals surface area (Å²) in [7, 11) is -4.96. The van der Waals surface area contributed by atoms with E-state index < -0.39 is 76.0 Å². The second kappa shape index (κ2) is 12.9. The van der Waals surface area contributed by atoms with Gasteiger partial charge >= 0.3 is 6.03 Å². The first-order valence-electron chi connectivity index (χ1n) is 10.8. The topological polar surface area (TPSA) is 222 Å². The van der Waals surface area contributed by atoms with Crippen LogP contribution in [0.1, 0.15) is 40.0 Å². The van der Waals surface area contributed by atoms with Crippen molar-refractivity contribution < 1.29 is 41.7 Å². The molecule has 0 aromatic heterocycles. The van der Waals surface area contributed by atoms with E-state index >= 15 is 0 Å². The predicted molar refractivity (Wildman–Crippen MR) is 122 cm³/mol. The molecule has 1 heterocycles. The fourth-order valence-corrected chi connectivity index (χ4v) is 3.99. The number of carbonyl (C=O) groups is 6. The van der Waals surface area contributed by atoms with Crippen molar-refractivity contribution in [2.75, 3.05) is 13.1 Å². The third kappa shape index (κ3) is 9.44. The van der Waals surface area contributed by atoms with Crippen molar-refractivity contribution in [2.45, 2.75) is 57.4 Å². The standard InChI is InChI=1S/C20H31N5O9S/c1-11(2)17(19(30)23-13(12(3)26)5-4-9-22-20(21)31)24-18(29)14(35(32,33)34)8-10-25-15(27)6-7-16(25)28/h6-7,11,13-14,17H,4-5,8-10H2,1-3H3,(H,23,30)(H,24,29)(H3,21,22,31)(H,32,33,34)/t13-,14-,17-/m0/s1. The number of nitrogens with one attached hydrogen (secondary N) is 3. The lowest BCUT2D eigenvalue weighted by molar-refractivity contribution is -0.137. The first-order chi connectivity index (χ1) is 16.1. The summed E-state index contributed by atoms with van der Waals surface area (Å²) < 4.78 is 33.2. The van der Waals surface area contributed by atoms with Crippen LogP contribution in [0.15, 0.2) is 12.2 Å². The van der Waals surface area contributed by atoms with Gasteiger partial charge in [0.2, 0.25) is 11.8 Å². The summed E-state index contributed by atoms with van der Waals surface area (Å²) in [6.07, 6.45) is 1.86. The first kappa shape index (κ1) is 29.7. The number of ketones is 1. The molecule has 6 amide bonds. The number of hydrogen-bond acceptors (Lipinski definition) is 8. The molecule has 0 fully saturated rings. The molecule has 3 atom stereocenters. The van der Waals surface area contributed by atoms with Crippen molar-refractivity contribution in [1.82, 2.24) is 20.9 Å². The van der Waals surface area contributed by atoms with Crippen molar-refractivity contribution in [3.05, 3.63) is 12.2 Å². The maximum Gasteiger partial charge on any atom is 0.312 e. The minimum absolute atomic E-state index is 0.166. The van der Waals surface area contributed by atoms with Crippen LogP contribution in [-0.4, -0.2) is 83.7 Å². The van der Waals surface area contributed by atoms with Gasteiger partial charge in [0.1, 0.15) is 6.04 Å². The molecule has 0 radical (unpaired) electrons. The van der Waals surface area contributed by atoms with Crippen LogP contribution in [0.3, 0.4) is 0 Å². The molecule has 0 bridgehead atoms. The Morgan fingerprint density at radius 3 is 2.06 bits per heavy atom. The predicted octanol–water partition coefficient (Wildman–Crippen LogP) is -1.78. The molecule has 0 saturated heterocycles. The van der Waals surface area contributed by atoms with E-state index in [2.05, 4.69) is 16.0 Å². The molecule has 0 aromatic carbocycles. The number of nitrogens with zero attached hydrogens (tertiary/aromatic N) is 1. The molecule has 35 heavy (non-hydrogen) atoms. The number of urea groups is 1. The maximum absolute atomic E-state index is 12.8. The van der Waals surface area contributed by atoms with E-state index in [4.69, 9.17) is 5.73 Å². The SMILES string of the molecule is CC(=O)[C@H](CCCNC(N)=O)NC(=O)[C@@H](NC(=O)[C@H](CCN1C(=O)C=CC1=O)S(=O)(=O)O)C(C)C. The van der Waals surface area contributed by atoms with Crippen molar-refractivity contribution in [1.29, 1.82) is 0 Å². The lowest BCUT2D eigenvalue weighted by Crippen LogP contribution is -2.56. The molecule has 196 valence electrons. The number of Topliss-reactive ketones (excluding diaryl/α,β-unsaturated/α-hetero) is 1. The molecule has 6 N–H and O–H groups in total. The van der Waals surface area contributed by atoms with E-state index in [1.54, 1.807) is 13.8 Å². The molecule has 14 nitrogen and oxygen atoms in total. The van der Waals surface area contributed by atoms with Crippen LogP contribution in [0.5, 0.6) is 0 Å². The van der Waals surface area contributed by atoms with E-state index in [0.29, 0.717) is 11.3 Å². The summed E-state index contributed by atoms with van der Waals surface area (Å²) in [5.74, 6) is -4.28. The van der Waals surface area contributed by atoms with Crippen LogP contribution in [0.4, 0.5) is 4.79 Å². The number of carbonyl (C=O) groups excluding carboxylic acids is 6. The highest BCUT2D eigenvalue weighted by Crippen LogP contribution is 2.12. The average molecular weight is 518 g/mol. The van der Waals surface area contributed by atoms with E-state index in [-0.39, 0.29) is 18.7 Å². The van der Waals surface area contributed by atoms with Gasteiger partial charge in [0.15, 0.2) is 11.0 Å². The van der Waals surface area contributed by atoms with Crippen molar-refractivity contribution in [2.24, 2.45) is 11.7 Å². The Labute approximate surface area is 202 Å². The zero-order chi connectivity index (χ0) is 26.9. The quantitative estimate of drug-likeness (QED) is 0.0996. The molecular weight excluding hydrogens is 486 g/mol. The smallest absolute Gasteiger partial charge is 0.312 e. The number of imide groups is 1. The summed E-state index contributed by atoms with van der Waals surface area (Å²) in [6.45, 7) is 4.11. The van der Waals surface area contributed by atoms with Crippen LogP contribution in [0, 0.1) is 5.92 Å². The summed E-state index contributed by atoms with van der Waals surface area (Å²) in [6, 6.07) is -2.94. The van der Waals surface area contributed by atoms with Gasteiger partial charge in [0, 0.05) is 25.2 Å². The summed E-state index contributed by atoms with van der Waals surface area (Å²) in [5, 5.41) is 5.06. The second-order valence-electron chi connectivity index (χ2n) is 8.29. The highest BCUT2D eigenvalue weighted by molar-refractivity contribution is 7.87. The summed E-state index contributed by atoms with van der Waals surface area (Å²) in [4.78, 5) is 72.2. The second-order valence-corrected chi connectivity index (χ2v) is 9.89. The van der Waals surface area contributed by atoms with Crippen LogP contribution in [-0.2, 0) is 34.1 Å². The zero-order valence-corrected chi connectivity index (χ0v) is 20.5. The zero-order valence-electron chi connectivity index (χ0n) is 19.6. The molecule has 0 aromatic rings. The largest absolute Gasteiger partial charge is 0.352 e. The minimum atomic E-state index is -4.96. The monoisotopic (exact) mass is 517 g/mol. The highest BCUT2D eigenvalue weighted by Gasteiger charge is 2.36. The van der Waals surface area contributed by atoms with Crippen LogP contribution < -0.4 is 21.7 Å². The van der Waals surface area contributed by atoms with Gasteiger partial charge in [-0.15, -0.1) is 0 Å². The molecule has 0 aliphatic carbocycles. The molecule has 0 unspecified atom stereocenters. The van der Waals surface area contributed by atoms with Crippen LogP contribution >= 0.6 is 0 Å². The number of nitrogens with two attached hydrogens (primary N) is 1. The molecule has 1 aliphatic heterocycles. The van der Waals surface area contributed by atoms with Gasteiger partial charge in [0.05, 0.1) is 6.04 Å². The number of hydrogen-bond donors (Lipinski definition) is 5. The van der Waals surface area contributed by atoms with Crippen LogP contribution in [0.25, 0.3) is 0 Å². The van der Waals surface area contributed by atoms with E-state index in [0.717, 1.165) is 12.2 Å². The number of primary amides is 1. The lowest BCUT2D eigenvalue weighted by atomic mass is 10.0. The maximum atomic E-state index is 12.8. The van der Waals surface area contributed by atoms with E-state index in [1.165, 1.54) is 6.92 Å². The molecule has 0 saturated carbocycles. The van der Waals surface area contributed by atoms with Gasteiger partial charge in [-0.2, -0.15) is 8.42 Å². The van der Waals surface area contributed by atoms with E-state index in [1.807, 2.05) is 0 Å². The molecule has 15 heteroatoms. The number of rotatable bonds is 14. The van der Waals surface area contributed by atoms with Gasteiger partial charge in [0.25, 0.3) is 21.9 Å². The first-order valence-corrected chi connectivity index (χ1v) is 12.3.